The third-order valence-corrected chi connectivity index (χ3v) is 5.36. The van der Waals surface area contributed by atoms with E-state index in [2.05, 4.69) is 6.92 Å². The van der Waals surface area contributed by atoms with Crippen LogP contribution in [-0.2, 0) is 14.9 Å². The number of carbonyl (C=O) groups excluding carboxylic acids is 1. The van der Waals surface area contributed by atoms with Crippen molar-refractivity contribution in [3.63, 3.8) is 0 Å². The van der Waals surface area contributed by atoms with E-state index in [0.29, 0.717) is 12.8 Å². The molecule has 0 unspecified atom stereocenters. The molecule has 6 nitrogen and oxygen atoms in total. The van der Waals surface area contributed by atoms with Gasteiger partial charge in [-0.15, -0.1) is 0 Å². The normalized spacial score (nSPS) is 11.7. The minimum absolute atomic E-state index is 0.0384. The molecule has 4 N–H and O–H groups in total. The van der Waals surface area contributed by atoms with Crippen molar-refractivity contribution in [2.75, 3.05) is 6.61 Å². The van der Waals surface area contributed by atoms with Crippen LogP contribution in [0.2, 0.25) is 0 Å². The predicted octanol–water partition coefficient (Wildman–Crippen LogP) is 3.43. The Balaban J connectivity index is 2.18. The molecule has 0 atom stereocenters. The van der Waals surface area contributed by atoms with Crippen LogP contribution in [0, 0.1) is 13.8 Å². The molecule has 2 aromatic carbocycles. The van der Waals surface area contributed by atoms with Crippen molar-refractivity contribution < 1.29 is 30.0 Å². The summed E-state index contributed by atoms with van der Waals surface area (Å²) in [5.74, 6) is 0.0109. The standard InChI is InChI=1S/C23H30O6/c1-15-13-17(5-7-19(15)24)23(3,18-6-8-20(25)16(2)14-18)11-4-12-29-22(28)10-9-21(26)27/h5-8,13-14,21,24-27H,4,9-12H2,1-3H3. The number of rotatable bonds is 9. The molecule has 0 aliphatic rings. The summed E-state index contributed by atoms with van der Waals surface area (Å²) >= 11 is 0. The molecule has 0 aromatic heterocycles. The van der Waals surface area contributed by atoms with E-state index in [9.17, 15) is 15.0 Å². The Morgan fingerprint density at radius 1 is 1.00 bits per heavy atom. The zero-order valence-corrected chi connectivity index (χ0v) is 17.2. The monoisotopic (exact) mass is 402 g/mol. The van der Waals surface area contributed by atoms with Crippen molar-refractivity contribution in [1.82, 2.24) is 0 Å². The molecule has 0 saturated carbocycles. The molecule has 0 heterocycles. The van der Waals surface area contributed by atoms with E-state index < -0.39 is 17.7 Å². The number of aromatic hydroxyl groups is 2. The lowest BCUT2D eigenvalue weighted by atomic mass is 9.72. The van der Waals surface area contributed by atoms with Crippen LogP contribution in [0.25, 0.3) is 0 Å². The van der Waals surface area contributed by atoms with Crippen LogP contribution < -0.4 is 0 Å². The van der Waals surface area contributed by atoms with Gasteiger partial charge in [0.05, 0.1) is 13.0 Å². The average molecular weight is 402 g/mol. The minimum atomic E-state index is -1.51. The van der Waals surface area contributed by atoms with Crippen LogP contribution in [-0.4, -0.2) is 39.3 Å². The number of hydrogen-bond acceptors (Lipinski definition) is 6. The van der Waals surface area contributed by atoms with Gasteiger partial charge in [-0.1, -0.05) is 31.2 Å². The molecular formula is C23H30O6. The highest BCUT2D eigenvalue weighted by molar-refractivity contribution is 5.69. The Morgan fingerprint density at radius 3 is 1.97 bits per heavy atom. The van der Waals surface area contributed by atoms with Gasteiger partial charge in [0.15, 0.2) is 6.29 Å². The van der Waals surface area contributed by atoms with Crippen LogP contribution >= 0.6 is 0 Å². The summed E-state index contributed by atoms with van der Waals surface area (Å²) in [7, 11) is 0. The Bertz CT molecular complexity index is 792. The Kier molecular flexibility index (Phi) is 7.65. The molecule has 0 spiro atoms. The fraction of sp³-hybridized carbons (Fsp3) is 0.435. The lowest BCUT2D eigenvalue weighted by Gasteiger charge is -2.32. The van der Waals surface area contributed by atoms with Crippen molar-refractivity contribution in [2.24, 2.45) is 0 Å². The van der Waals surface area contributed by atoms with Crippen LogP contribution in [0.4, 0.5) is 0 Å². The van der Waals surface area contributed by atoms with Crippen molar-refractivity contribution >= 4 is 5.97 Å². The second-order valence-electron chi connectivity index (χ2n) is 7.68. The maximum Gasteiger partial charge on any atom is 0.305 e. The second-order valence-corrected chi connectivity index (χ2v) is 7.68. The summed E-state index contributed by atoms with van der Waals surface area (Å²) in [5, 5.41) is 37.5. The zero-order valence-electron chi connectivity index (χ0n) is 17.2. The third-order valence-electron chi connectivity index (χ3n) is 5.36. The van der Waals surface area contributed by atoms with Gasteiger partial charge >= 0.3 is 5.97 Å². The van der Waals surface area contributed by atoms with Crippen LogP contribution in [0.3, 0.4) is 0 Å². The molecule has 0 radical (unpaired) electrons. The molecule has 0 amide bonds. The van der Waals surface area contributed by atoms with E-state index in [0.717, 1.165) is 22.3 Å². The predicted molar refractivity (Wildman–Crippen MR) is 110 cm³/mol. The van der Waals surface area contributed by atoms with E-state index in [1.807, 2.05) is 38.1 Å². The van der Waals surface area contributed by atoms with Gasteiger partial charge in [0.25, 0.3) is 0 Å². The van der Waals surface area contributed by atoms with E-state index in [-0.39, 0.29) is 30.9 Å². The van der Waals surface area contributed by atoms with Gasteiger partial charge < -0.3 is 25.2 Å². The minimum Gasteiger partial charge on any atom is -0.508 e. The van der Waals surface area contributed by atoms with Crippen LogP contribution in [0.1, 0.15) is 54.9 Å². The van der Waals surface area contributed by atoms with Gasteiger partial charge in [-0.3, -0.25) is 4.79 Å². The first-order chi connectivity index (χ1) is 13.6. The largest absolute Gasteiger partial charge is 0.508 e. The summed E-state index contributed by atoms with van der Waals surface area (Å²) < 4.78 is 5.20. The summed E-state index contributed by atoms with van der Waals surface area (Å²) in [6, 6.07) is 11.0. The highest BCUT2D eigenvalue weighted by Gasteiger charge is 2.29. The lowest BCUT2D eigenvalue weighted by Crippen LogP contribution is -2.25. The molecule has 2 rings (SSSR count). The van der Waals surface area contributed by atoms with Crippen LogP contribution in [0.15, 0.2) is 36.4 Å². The van der Waals surface area contributed by atoms with Gasteiger partial charge in [0.2, 0.25) is 0 Å². The summed E-state index contributed by atoms with van der Waals surface area (Å²) in [4.78, 5) is 11.7. The van der Waals surface area contributed by atoms with E-state index in [4.69, 9.17) is 14.9 Å². The number of phenols is 2. The summed E-state index contributed by atoms with van der Waals surface area (Å²) in [6.07, 6.45) is -0.318. The van der Waals surface area contributed by atoms with E-state index in [1.165, 1.54) is 0 Å². The summed E-state index contributed by atoms with van der Waals surface area (Å²) in [5.41, 5.74) is 3.18. The Labute approximate surface area is 171 Å². The average Bonchev–Trinajstić information content (AvgIpc) is 2.67. The number of esters is 1. The number of hydrogen-bond donors (Lipinski definition) is 4. The SMILES string of the molecule is Cc1cc(C(C)(CCCOC(=O)CCC(O)O)c2ccc(O)c(C)c2)ccc1O. The highest BCUT2D eigenvalue weighted by atomic mass is 16.5. The van der Waals surface area contributed by atoms with Gasteiger partial charge in [-0.05, 0) is 61.1 Å². The van der Waals surface area contributed by atoms with Crippen molar-refractivity contribution in [3.8, 4) is 11.5 Å². The number of ether oxygens (including phenoxy) is 1. The molecule has 0 aliphatic heterocycles. The molecule has 2 aromatic rings. The topological polar surface area (TPSA) is 107 Å². The highest BCUT2D eigenvalue weighted by Crippen LogP contribution is 2.39. The number of aliphatic hydroxyl groups is 2. The maximum atomic E-state index is 11.7. The molecular weight excluding hydrogens is 372 g/mol. The quantitative estimate of drug-likeness (QED) is 0.291. The smallest absolute Gasteiger partial charge is 0.305 e. The number of aryl methyl sites for hydroxylation is 2. The zero-order chi connectivity index (χ0) is 21.6. The Morgan fingerprint density at radius 2 is 1.52 bits per heavy atom. The van der Waals surface area contributed by atoms with Gasteiger partial charge in [-0.25, -0.2) is 0 Å². The molecule has 29 heavy (non-hydrogen) atoms. The molecule has 0 aliphatic carbocycles. The first-order valence-corrected chi connectivity index (χ1v) is 9.75. The number of carbonyl (C=O) groups is 1. The fourth-order valence-electron chi connectivity index (χ4n) is 3.38. The number of phenolic OH excluding ortho intramolecular Hbond substituents is 2. The molecule has 0 fully saturated rings. The number of aliphatic hydroxyl groups excluding tert-OH is 1. The van der Waals surface area contributed by atoms with Crippen molar-refractivity contribution in [1.29, 1.82) is 0 Å². The van der Waals surface area contributed by atoms with Gasteiger partial charge in [-0.2, -0.15) is 0 Å². The molecule has 6 heteroatoms. The van der Waals surface area contributed by atoms with Gasteiger partial charge in [0, 0.05) is 11.8 Å². The molecule has 0 bridgehead atoms. The summed E-state index contributed by atoms with van der Waals surface area (Å²) in [6.45, 7) is 6.01. The van der Waals surface area contributed by atoms with E-state index >= 15 is 0 Å². The van der Waals surface area contributed by atoms with Gasteiger partial charge in [0.1, 0.15) is 11.5 Å². The first-order valence-electron chi connectivity index (χ1n) is 9.75. The Hall–Kier alpha value is -2.57. The fourth-order valence-corrected chi connectivity index (χ4v) is 3.38. The van der Waals surface area contributed by atoms with Crippen molar-refractivity contribution in [2.45, 2.75) is 58.2 Å². The second kappa shape index (κ2) is 9.76. The van der Waals surface area contributed by atoms with Crippen molar-refractivity contribution in [3.05, 3.63) is 58.7 Å². The lowest BCUT2D eigenvalue weighted by molar-refractivity contribution is -0.146. The maximum absolute atomic E-state index is 11.7. The van der Waals surface area contributed by atoms with Crippen LogP contribution in [0.5, 0.6) is 11.5 Å². The molecule has 0 saturated heterocycles. The first kappa shape index (κ1) is 22.7. The van der Waals surface area contributed by atoms with E-state index in [1.54, 1.807) is 12.1 Å². The third kappa shape index (κ3) is 5.95. The molecule has 158 valence electrons. The number of benzene rings is 2.